The second kappa shape index (κ2) is 3.37. The summed E-state index contributed by atoms with van der Waals surface area (Å²) in [5.41, 5.74) is 2.22. The molecule has 14 heavy (non-hydrogen) atoms. The first-order valence-electron chi connectivity index (χ1n) is 5.01. The van der Waals surface area contributed by atoms with Crippen LogP contribution in [-0.2, 0) is 13.6 Å². The van der Waals surface area contributed by atoms with Crippen LogP contribution in [0, 0.1) is 6.92 Å². The molecule has 4 heteroatoms. The van der Waals surface area contributed by atoms with Gasteiger partial charge in [0.1, 0.15) is 0 Å². The van der Waals surface area contributed by atoms with Crippen LogP contribution in [-0.4, -0.2) is 27.0 Å². The number of nitrogens with one attached hydrogen (secondary N) is 1. The van der Waals surface area contributed by atoms with Gasteiger partial charge in [0.05, 0.1) is 18.0 Å². The van der Waals surface area contributed by atoms with E-state index in [9.17, 15) is 0 Å². The second-order valence-corrected chi connectivity index (χ2v) is 4.19. The highest BCUT2D eigenvalue weighted by Gasteiger charge is 2.41. The van der Waals surface area contributed by atoms with E-state index in [-0.39, 0.29) is 12.1 Å². The molecule has 0 amide bonds. The minimum absolute atomic E-state index is 0.0121. The fourth-order valence-corrected chi connectivity index (χ4v) is 1.65. The summed E-state index contributed by atoms with van der Waals surface area (Å²) in [5, 5.41) is 16.8. The molecule has 78 valence electrons. The Hall–Kier alpha value is -0.870. The van der Waals surface area contributed by atoms with E-state index in [2.05, 4.69) is 16.5 Å². The van der Waals surface area contributed by atoms with Crippen LogP contribution in [0.25, 0.3) is 0 Å². The maximum Gasteiger partial charge on any atom is 0.0613 e. The Morgan fingerprint density at radius 3 is 2.79 bits per heavy atom. The van der Waals surface area contributed by atoms with Crippen LogP contribution >= 0.6 is 0 Å². The molecule has 0 saturated heterocycles. The minimum Gasteiger partial charge on any atom is -0.394 e. The number of aliphatic hydroxyl groups is 1. The molecular weight excluding hydrogens is 178 g/mol. The van der Waals surface area contributed by atoms with Crippen molar-refractivity contribution < 1.29 is 5.11 Å². The zero-order valence-corrected chi connectivity index (χ0v) is 8.75. The lowest BCUT2D eigenvalue weighted by Gasteiger charge is -2.13. The summed E-state index contributed by atoms with van der Waals surface area (Å²) in [7, 11) is 1.95. The number of rotatable bonds is 4. The molecule has 1 aliphatic carbocycles. The Morgan fingerprint density at radius 1 is 1.64 bits per heavy atom. The first kappa shape index (κ1) is 9.68. The molecule has 4 nitrogen and oxygen atoms in total. The van der Waals surface area contributed by atoms with E-state index in [4.69, 9.17) is 5.11 Å². The molecule has 0 spiro atoms. The lowest BCUT2D eigenvalue weighted by atomic mass is 10.2. The van der Waals surface area contributed by atoms with Crippen LogP contribution in [0.3, 0.4) is 0 Å². The Kier molecular flexibility index (Phi) is 2.33. The van der Waals surface area contributed by atoms with E-state index in [1.54, 1.807) is 0 Å². The summed E-state index contributed by atoms with van der Waals surface area (Å²) < 4.78 is 1.88. The number of aliphatic hydroxyl groups excluding tert-OH is 1. The number of nitrogens with zero attached hydrogens (tertiary/aromatic N) is 2. The highest BCUT2D eigenvalue weighted by Crippen LogP contribution is 2.34. The third kappa shape index (κ3) is 1.81. The van der Waals surface area contributed by atoms with Crippen LogP contribution in [0.5, 0.6) is 0 Å². The largest absolute Gasteiger partial charge is 0.394 e. The Balaban J connectivity index is 1.95. The van der Waals surface area contributed by atoms with E-state index >= 15 is 0 Å². The molecule has 0 aliphatic heterocycles. The van der Waals surface area contributed by atoms with Crippen molar-refractivity contribution in [2.24, 2.45) is 7.05 Å². The van der Waals surface area contributed by atoms with Crippen molar-refractivity contribution in [2.45, 2.75) is 31.8 Å². The molecule has 2 rings (SSSR count). The van der Waals surface area contributed by atoms with Gasteiger partial charge in [0.2, 0.25) is 0 Å². The van der Waals surface area contributed by atoms with Gasteiger partial charge in [-0.1, -0.05) is 0 Å². The van der Waals surface area contributed by atoms with Gasteiger partial charge in [0.15, 0.2) is 0 Å². The van der Waals surface area contributed by atoms with Crippen molar-refractivity contribution in [1.29, 1.82) is 0 Å². The van der Waals surface area contributed by atoms with E-state index in [1.807, 2.05) is 18.7 Å². The summed E-state index contributed by atoms with van der Waals surface area (Å²) in [6.45, 7) is 3.02. The molecule has 0 aromatic carbocycles. The lowest BCUT2D eigenvalue weighted by molar-refractivity contribution is 0.229. The topological polar surface area (TPSA) is 50.1 Å². The molecule has 1 saturated carbocycles. The normalized spacial score (nSPS) is 18.5. The van der Waals surface area contributed by atoms with Crippen molar-refractivity contribution in [1.82, 2.24) is 15.1 Å². The molecule has 0 radical (unpaired) electrons. The average Bonchev–Trinajstić information content (AvgIpc) is 2.86. The molecule has 1 aromatic heterocycles. The Labute approximate surface area is 83.9 Å². The van der Waals surface area contributed by atoms with Crippen molar-refractivity contribution in [3.8, 4) is 0 Å². The standard InChI is InChI=1S/C10H17N3O/c1-8-5-9(13(2)12-8)6-11-10(7-14)3-4-10/h5,11,14H,3-4,6-7H2,1-2H3. The molecule has 1 aromatic rings. The van der Waals surface area contributed by atoms with Gasteiger partial charge in [-0.25, -0.2) is 0 Å². The predicted octanol–water partition coefficient (Wildman–Crippen LogP) is 0.343. The highest BCUT2D eigenvalue weighted by molar-refractivity contribution is 5.10. The third-order valence-corrected chi connectivity index (χ3v) is 2.90. The number of aryl methyl sites for hydroxylation is 2. The fraction of sp³-hybridized carbons (Fsp3) is 0.700. The summed E-state index contributed by atoms with van der Waals surface area (Å²) >= 11 is 0. The molecule has 1 fully saturated rings. The summed E-state index contributed by atoms with van der Waals surface area (Å²) in [5.74, 6) is 0. The Morgan fingerprint density at radius 2 is 2.36 bits per heavy atom. The molecule has 1 aliphatic rings. The molecule has 0 atom stereocenters. The molecule has 1 heterocycles. The van der Waals surface area contributed by atoms with Crippen molar-refractivity contribution >= 4 is 0 Å². The quantitative estimate of drug-likeness (QED) is 0.728. The van der Waals surface area contributed by atoms with Crippen molar-refractivity contribution in [3.05, 3.63) is 17.5 Å². The summed E-state index contributed by atoms with van der Waals surface area (Å²) in [6.07, 6.45) is 2.17. The molecule has 0 bridgehead atoms. The van der Waals surface area contributed by atoms with Gasteiger partial charge in [-0.05, 0) is 25.8 Å². The van der Waals surface area contributed by atoms with Crippen LogP contribution < -0.4 is 5.32 Å². The number of hydrogen-bond acceptors (Lipinski definition) is 3. The number of aromatic nitrogens is 2. The average molecular weight is 195 g/mol. The van der Waals surface area contributed by atoms with E-state index < -0.39 is 0 Å². The predicted molar refractivity (Wildman–Crippen MR) is 53.8 cm³/mol. The molecule has 0 unspecified atom stereocenters. The van der Waals surface area contributed by atoms with Gasteiger partial charge < -0.3 is 10.4 Å². The maximum atomic E-state index is 9.12. The van der Waals surface area contributed by atoms with Crippen LogP contribution in [0.4, 0.5) is 0 Å². The van der Waals surface area contributed by atoms with Gasteiger partial charge in [0, 0.05) is 19.1 Å². The summed E-state index contributed by atoms with van der Waals surface area (Å²) in [6, 6.07) is 2.07. The zero-order chi connectivity index (χ0) is 10.2. The van der Waals surface area contributed by atoms with Crippen LogP contribution in [0.2, 0.25) is 0 Å². The monoisotopic (exact) mass is 195 g/mol. The lowest BCUT2D eigenvalue weighted by Crippen LogP contribution is -2.34. The smallest absolute Gasteiger partial charge is 0.0613 e. The third-order valence-electron chi connectivity index (χ3n) is 2.90. The Bertz CT molecular complexity index is 328. The van der Waals surface area contributed by atoms with Crippen LogP contribution in [0.15, 0.2) is 6.07 Å². The molecule has 2 N–H and O–H groups in total. The van der Waals surface area contributed by atoms with Gasteiger partial charge >= 0.3 is 0 Å². The van der Waals surface area contributed by atoms with Gasteiger partial charge in [-0.2, -0.15) is 5.10 Å². The zero-order valence-electron chi connectivity index (χ0n) is 8.75. The SMILES string of the molecule is Cc1cc(CNC2(CO)CC2)n(C)n1. The first-order chi connectivity index (χ1) is 6.65. The number of hydrogen-bond donors (Lipinski definition) is 2. The summed E-state index contributed by atoms with van der Waals surface area (Å²) in [4.78, 5) is 0. The van der Waals surface area contributed by atoms with E-state index in [0.717, 1.165) is 25.1 Å². The first-order valence-corrected chi connectivity index (χ1v) is 5.01. The molecular formula is C10H17N3O. The van der Waals surface area contributed by atoms with Crippen molar-refractivity contribution in [2.75, 3.05) is 6.61 Å². The fourth-order valence-electron chi connectivity index (χ4n) is 1.65. The van der Waals surface area contributed by atoms with Gasteiger partial charge in [0.25, 0.3) is 0 Å². The maximum absolute atomic E-state index is 9.12. The van der Waals surface area contributed by atoms with E-state index in [0.29, 0.717) is 0 Å². The van der Waals surface area contributed by atoms with Crippen molar-refractivity contribution in [3.63, 3.8) is 0 Å². The van der Waals surface area contributed by atoms with Crippen LogP contribution in [0.1, 0.15) is 24.2 Å². The van der Waals surface area contributed by atoms with Gasteiger partial charge in [-0.15, -0.1) is 0 Å². The van der Waals surface area contributed by atoms with E-state index in [1.165, 1.54) is 5.69 Å². The minimum atomic E-state index is 0.0121. The highest BCUT2D eigenvalue weighted by atomic mass is 16.3. The van der Waals surface area contributed by atoms with Gasteiger partial charge in [-0.3, -0.25) is 4.68 Å². The second-order valence-electron chi connectivity index (χ2n) is 4.19.